The molecule has 4 heteroatoms. The second kappa shape index (κ2) is 3.92. The first-order valence-corrected chi connectivity index (χ1v) is 5.41. The second-order valence-corrected chi connectivity index (χ2v) is 4.53. The number of rotatable bonds is 2. The Bertz CT molecular complexity index is 144. The van der Waals surface area contributed by atoms with Crippen LogP contribution in [0.25, 0.3) is 0 Å². The molecule has 1 heterocycles. The lowest BCUT2D eigenvalue weighted by molar-refractivity contribution is -0.0707. The minimum atomic E-state index is -2.67. The zero-order valence-electron chi connectivity index (χ0n) is 7.22. The van der Waals surface area contributed by atoms with Crippen molar-refractivity contribution in [2.24, 2.45) is 11.7 Å². The SMILES string of the molecule is CC(N)C(F)(F)C1CCCSC1. The largest absolute Gasteiger partial charge is 0.323 e. The molecule has 1 rings (SSSR count). The molecule has 2 atom stereocenters. The van der Waals surface area contributed by atoms with E-state index in [0.29, 0.717) is 12.2 Å². The smallest absolute Gasteiger partial charge is 0.266 e. The Morgan fingerprint density at radius 3 is 2.67 bits per heavy atom. The topological polar surface area (TPSA) is 26.0 Å². The Kier molecular flexibility index (Phi) is 3.35. The van der Waals surface area contributed by atoms with Crippen molar-refractivity contribution in [2.45, 2.75) is 31.7 Å². The Hall–Kier alpha value is 0.170. The highest BCUT2D eigenvalue weighted by Gasteiger charge is 2.43. The Morgan fingerprint density at radius 1 is 1.58 bits per heavy atom. The molecule has 0 aromatic heterocycles. The zero-order chi connectivity index (χ0) is 9.19. The summed E-state index contributed by atoms with van der Waals surface area (Å²) in [5, 5.41) is 0. The number of alkyl halides is 2. The summed E-state index contributed by atoms with van der Waals surface area (Å²) in [5.41, 5.74) is 5.24. The highest BCUT2D eigenvalue weighted by molar-refractivity contribution is 7.99. The summed E-state index contributed by atoms with van der Waals surface area (Å²) in [6.45, 7) is 1.39. The maximum atomic E-state index is 13.3. The number of hydrogen-bond acceptors (Lipinski definition) is 2. The van der Waals surface area contributed by atoms with E-state index in [9.17, 15) is 8.78 Å². The van der Waals surface area contributed by atoms with Crippen molar-refractivity contribution < 1.29 is 8.78 Å². The first-order chi connectivity index (χ1) is 5.55. The maximum absolute atomic E-state index is 13.3. The van der Waals surface area contributed by atoms with Crippen LogP contribution in [0.3, 0.4) is 0 Å². The van der Waals surface area contributed by atoms with Crippen LogP contribution in [0.4, 0.5) is 8.78 Å². The van der Waals surface area contributed by atoms with Gasteiger partial charge in [0.1, 0.15) is 0 Å². The summed E-state index contributed by atoms with van der Waals surface area (Å²) in [7, 11) is 0. The van der Waals surface area contributed by atoms with E-state index in [4.69, 9.17) is 5.73 Å². The standard InChI is InChI=1S/C8H15F2NS/c1-6(11)8(9,10)7-3-2-4-12-5-7/h6-7H,2-5,11H2,1H3. The normalized spacial score (nSPS) is 28.5. The molecule has 2 N–H and O–H groups in total. The Labute approximate surface area is 76.1 Å². The average Bonchev–Trinajstić information content (AvgIpc) is 2.06. The molecule has 2 unspecified atom stereocenters. The molecular weight excluding hydrogens is 180 g/mol. The van der Waals surface area contributed by atoms with E-state index < -0.39 is 17.9 Å². The van der Waals surface area contributed by atoms with Gasteiger partial charge in [-0.2, -0.15) is 11.8 Å². The van der Waals surface area contributed by atoms with Gasteiger partial charge in [0.2, 0.25) is 0 Å². The number of hydrogen-bond donors (Lipinski definition) is 1. The quantitative estimate of drug-likeness (QED) is 0.730. The van der Waals surface area contributed by atoms with E-state index in [1.165, 1.54) is 6.92 Å². The molecular formula is C8H15F2NS. The van der Waals surface area contributed by atoms with Crippen molar-refractivity contribution in [2.75, 3.05) is 11.5 Å². The molecule has 1 aliphatic rings. The molecule has 1 nitrogen and oxygen atoms in total. The third-order valence-corrected chi connectivity index (χ3v) is 3.53. The molecule has 0 amide bonds. The van der Waals surface area contributed by atoms with Gasteiger partial charge in [-0.3, -0.25) is 0 Å². The highest BCUT2D eigenvalue weighted by Crippen LogP contribution is 2.36. The second-order valence-electron chi connectivity index (χ2n) is 3.38. The van der Waals surface area contributed by atoms with Gasteiger partial charge in [0, 0.05) is 11.7 Å². The number of halogens is 2. The van der Waals surface area contributed by atoms with Crippen LogP contribution < -0.4 is 5.73 Å². The van der Waals surface area contributed by atoms with Gasteiger partial charge in [-0.05, 0) is 25.5 Å². The van der Waals surface area contributed by atoms with Crippen molar-refractivity contribution in [3.8, 4) is 0 Å². The van der Waals surface area contributed by atoms with Crippen LogP contribution >= 0.6 is 11.8 Å². The molecule has 0 aromatic rings. The van der Waals surface area contributed by atoms with Gasteiger partial charge in [0.05, 0.1) is 6.04 Å². The summed E-state index contributed by atoms with van der Waals surface area (Å²) >= 11 is 1.61. The summed E-state index contributed by atoms with van der Waals surface area (Å²) in [6, 6.07) is -1.01. The van der Waals surface area contributed by atoms with Crippen LogP contribution in [0.2, 0.25) is 0 Å². The maximum Gasteiger partial charge on any atom is 0.266 e. The minimum Gasteiger partial charge on any atom is -0.323 e. The molecule has 0 aliphatic carbocycles. The van der Waals surface area contributed by atoms with E-state index in [1.807, 2.05) is 0 Å². The van der Waals surface area contributed by atoms with E-state index in [0.717, 1.165) is 12.2 Å². The molecule has 0 spiro atoms. The molecule has 1 fully saturated rings. The van der Waals surface area contributed by atoms with Crippen molar-refractivity contribution >= 4 is 11.8 Å². The lowest BCUT2D eigenvalue weighted by Crippen LogP contribution is -2.46. The van der Waals surface area contributed by atoms with Crippen LogP contribution in [-0.2, 0) is 0 Å². The van der Waals surface area contributed by atoms with E-state index >= 15 is 0 Å². The van der Waals surface area contributed by atoms with Gasteiger partial charge in [-0.15, -0.1) is 0 Å². The number of thioether (sulfide) groups is 1. The van der Waals surface area contributed by atoms with Crippen molar-refractivity contribution in [1.29, 1.82) is 0 Å². The fourth-order valence-electron chi connectivity index (χ4n) is 1.42. The fourth-order valence-corrected chi connectivity index (χ4v) is 2.63. The van der Waals surface area contributed by atoms with Gasteiger partial charge >= 0.3 is 0 Å². The molecule has 0 radical (unpaired) electrons. The van der Waals surface area contributed by atoms with E-state index in [2.05, 4.69) is 0 Å². The average molecular weight is 195 g/mol. The van der Waals surface area contributed by atoms with Crippen molar-refractivity contribution in [3.63, 3.8) is 0 Å². The molecule has 1 saturated heterocycles. The summed E-state index contributed by atoms with van der Waals surface area (Å²) in [5.74, 6) is -1.59. The summed E-state index contributed by atoms with van der Waals surface area (Å²) in [4.78, 5) is 0. The van der Waals surface area contributed by atoms with Gasteiger partial charge in [-0.25, -0.2) is 8.78 Å². The van der Waals surface area contributed by atoms with Gasteiger partial charge in [0.15, 0.2) is 0 Å². The lowest BCUT2D eigenvalue weighted by atomic mass is 9.93. The first kappa shape index (κ1) is 10.3. The predicted octanol–water partition coefficient (Wildman–Crippen LogP) is 2.11. The zero-order valence-corrected chi connectivity index (χ0v) is 8.04. The van der Waals surface area contributed by atoms with Crippen LogP contribution in [0.15, 0.2) is 0 Å². The predicted molar refractivity (Wildman–Crippen MR) is 48.6 cm³/mol. The molecule has 0 aromatic carbocycles. The van der Waals surface area contributed by atoms with E-state index in [1.54, 1.807) is 11.8 Å². The van der Waals surface area contributed by atoms with Crippen LogP contribution in [0.1, 0.15) is 19.8 Å². The summed E-state index contributed by atoms with van der Waals surface area (Å²) in [6.07, 6.45) is 1.53. The van der Waals surface area contributed by atoms with Crippen molar-refractivity contribution in [3.05, 3.63) is 0 Å². The van der Waals surface area contributed by atoms with Gasteiger partial charge in [0.25, 0.3) is 5.92 Å². The van der Waals surface area contributed by atoms with Gasteiger partial charge in [-0.1, -0.05) is 0 Å². The first-order valence-electron chi connectivity index (χ1n) is 4.26. The monoisotopic (exact) mass is 195 g/mol. The number of nitrogens with two attached hydrogens (primary N) is 1. The Morgan fingerprint density at radius 2 is 2.25 bits per heavy atom. The minimum absolute atomic E-state index is 0.503. The molecule has 0 saturated carbocycles. The van der Waals surface area contributed by atoms with Crippen LogP contribution in [0.5, 0.6) is 0 Å². The third kappa shape index (κ3) is 2.10. The molecule has 72 valence electrons. The molecule has 0 bridgehead atoms. The van der Waals surface area contributed by atoms with Crippen molar-refractivity contribution in [1.82, 2.24) is 0 Å². The molecule has 1 aliphatic heterocycles. The lowest BCUT2D eigenvalue weighted by Gasteiger charge is -2.32. The van der Waals surface area contributed by atoms with Gasteiger partial charge < -0.3 is 5.73 Å². The fraction of sp³-hybridized carbons (Fsp3) is 1.00. The van der Waals surface area contributed by atoms with E-state index in [-0.39, 0.29) is 0 Å². The molecule has 12 heavy (non-hydrogen) atoms. The van der Waals surface area contributed by atoms with Crippen LogP contribution in [0, 0.1) is 5.92 Å². The Balaban J connectivity index is 2.53. The third-order valence-electron chi connectivity index (χ3n) is 2.31. The van der Waals surface area contributed by atoms with Crippen LogP contribution in [-0.4, -0.2) is 23.5 Å². The summed E-state index contributed by atoms with van der Waals surface area (Å²) < 4.78 is 26.6. The highest BCUT2D eigenvalue weighted by atomic mass is 32.2.